The predicted molar refractivity (Wildman–Crippen MR) is 121 cm³/mol. The van der Waals surface area contributed by atoms with Gasteiger partial charge in [0.05, 0.1) is 42.4 Å². The first-order valence-corrected chi connectivity index (χ1v) is 10.5. The Morgan fingerprint density at radius 1 is 1.00 bits per heavy atom. The van der Waals surface area contributed by atoms with Crippen LogP contribution >= 0.6 is 11.8 Å². The number of methoxy groups -OCH3 is 2. The maximum atomic E-state index is 13.4. The number of para-hydroxylation sites is 1. The normalized spacial score (nSPS) is 10.6. The van der Waals surface area contributed by atoms with Gasteiger partial charge in [0.25, 0.3) is 5.56 Å². The third-order valence-corrected chi connectivity index (χ3v) is 5.83. The minimum atomic E-state index is -0.153. The van der Waals surface area contributed by atoms with Gasteiger partial charge in [-0.15, -0.1) is 0 Å². The molecular weight excluding hydrogens is 410 g/mol. The van der Waals surface area contributed by atoms with Gasteiger partial charge in [0.15, 0.2) is 16.7 Å². The van der Waals surface area contributed by atoms with Crippen molar-refractivity contribution >= 4 is 22.7 Å². The van der Waals surface area contributed by atoms with E-state index in [4.69, 9.17) is 19.7 Å². The highest BCUT2D eigenvalue weighted by molar-refractivity contribution is 7.98. The number of ether oxygens (including phenoxy) is 2. The molecule has 0 saturated heterocycles. The molecule has 6 nitrogen and oxygen atoms in total. The van der Waals surface area contributed by atoms with Crippen LogP contribution in [0.1, 0.15) is 11.1 Å². The highest BCUT2D eigenvalue weighted by Crippen LogP contribution is 2.31. The molecule has 0 bridgehead atoms. The lowest BCUT2D eigenvalue weighted by Crippen LogP contribution is -2.21. The van der Waals surface area contributed by atoms with E-state index in [1.54, 1.807) is 49.1 Å². The topological polar surface area (TPSA) is 77.1 Å². The second-order valence-corrected chi connectivity index (χ2v) is 7.63. The van der Waals surface area contributed by atoms with Crippen LogP contribution in [-0.2, 0) is 5.75 Å². The molecule has 0 amide bonds. The number of hydrogen-bond acceptors (Lipinski definition) is 6. The molecular formula is C24H19N3O3S. The minimum Gasteiger partial charge on any atom is -0.493 e. The zero-order chi connectivity index (χ0) is 21.8. The van der Waals surface area contributed by atoms with Crippen molar-refractivity contribution in [2.45, 2.75) is 10.9 Å². The number of nitriles is 1. The molecule has 0 aliphatic rings. The summed E-state index contributed by atoms with van der Waals surface area (Å²) in [6.45, 7) is 0. The van der Waals surface area contributed by atoms with Crippen LogP contribution in [0.2, 0.25) is 0 Å². The molecule has 0 atom stereocenters. The first kappa shape index (κ1) is 20.5. The van der Waals surface area contributed by atoms with Crippen molar-refractivity contribution in [3.8, 4) is 23.3 Å². The van der Waals surface area contributed by atoms with E-state index in [2.05, 4.69) is 6.07 Å². The van der Waals surface area contributed by atoms with Crippen LogP contribution < -0.4 is 15.0 Å². The summed E-state index contributed by atoms with van der Waals surface area (Å²) < 4.78 is 12.3. The van der Waals surface area contributed by atoms with Crippen molar-refractivity contribution in [1.82, 2.24) is 9.55 Å². The fraction of sp³-hybridized carbons (Fsp3) is 0.125. The van der Waals surface area contributed by atoms with E-state index in [-0.39, 0.29) is 5.56 Å². The van der Waals surface area contributed by atoms with Crippen molar-refractivity contribution < 1.29 is 9.47 Å². The molecule has 0 spiro atoms. The van der Waals surface area contributed by atoms with Crippen LogP contribution in [-0.4, -0.2) is 23.8 Å². The van der Waals surface area contributed by atoms with Crippen molar-refractivity contribution in [3.05, 3.63) is 88.2 Å². The van der Waals surface area contributed by atoms with E-state index < -0.39 is 0 Å². The van der Waals surface area contributed by atoms with Crippen molar-refractivity contribution in [3.63, 3.8) is 0 Å². The number of hydrogen-bond donors (Lipinski definition) is 0. The number of aromatic nitrogens is 2. The van der Waals surface area contributed by atoms with Gasteiger partial charge in [0.1, 0.15) is 0 Å². The Morgan fingerprint density at radius 2 is 1.74 bits per heavy atom. The highest BCUT2D eigenvalue weighted by Gasteiger charge is 2.15. The molecule has 0 radical (unpaired) electrons. The Labute approximate surface area is 183 Å². The van der Waals surface area contributed by atoms with Gasteiger partial charge in [-0.3, -0.25) is 9.36 Å². The van der Waals surface area contributed by atoms with Crippen LogP contribution in [0, 0.1) is 11.3 Å². The van der Waals surface area contributed by atoms with Gasteiger partial charge >= 0.3 is 0 Å². The third kappa shape index (κ3) is 4.11. The quantitative estimate of drug-likeness (QED) is 0.330. The molecule has 1 aromatic heterocycles. The lowest BCUT2D eigenvalue weighted by atomic mass is 10.2. The molecule has 0 aliphatic carbocycles. The largest absolute Gasteiger partial charge is 0.493 e. The van der Waals surface area contributed by atoms with Gasteiger partial charge in [-0.05, 0) is 42.0 Å². The first-order valence-electron chi connectivity index (χ1n) is 9.50. The smallest absolute Gasteiger partial charge is 0.266 e. The van der Waals surface area contributed by atoms with Gasteiger partial charge in [0.2, 0.25) is 0 Å². The zero-order valence-electron chi connectivity index (χ0n) is 17.0. The zero-order valence-corrected chi connectivity index (χ0v) is 17.8. The molecule has 4 rings (SSSR count). The SMILES string of the molecule is COc1ccc(-n2c(SCc3ccc(C#N)cc3)nc3ccccc3c2=O)cc1OC. The van der Waals surface area contributed by atoms with Gasteiger partial charge in [0, 0.05) is 11.8 Å². The third-order valence-electron chi connectivity index (χ3n) is 4.82. The molecule has 1 heterocycles. The van der Waals surface area contributed by atoms with Crippen LogP contribution in [0.25, 0.3) is 16.6 Å². The second kappa shape index (κ2) is 8.94. The molecule has 0 unspecified atom stereocenters. The van der Waals surface area contributed by atoms with Crippen molar-refractivity contribution in [2.75, 3.05) is 14.2 Å². The van der Waals surface area contributed by atoms with Crippen molar-refractivity contribution in [1.29, 1.82) is 5.26 Å². The summed E-state index contributed by atoms with van der Waals surface area (Å²) in [4.78, 5) is 18.2. The summed E-state index contributed by atoms with van der Waals surface area (Å²) in [5.41, 5.74) is 2.78. The molecule has 31 heavy (non-hydrogen) atoms. The van der Waals surface area contributed by atoms with Gasteiger partial charge in [-0.1, -0.05) is 36.0 Å². The molecule has 7 heteroatoms. The summed E-state index contributed by atoms with van der Waals surface area (Å²) >= 11 is 1.46. The van der Waals surface area contributed by atoms with E-state index in [9.17, 15) is 4.79 Å². The lowest BCUT2D eigenvalue weighted by molar-refractivity contribution is 0.354. The van der Waals surface area contributed by atoms with Crippen LogP contribution in [0.5, 0.6) is 11.5 Å². The Kier molecular flexibility index (Phi) is 5.92. The molecule has 0 saturated carbocycles. The van der Waals surface area contributed by atoms with Gasteiger partial charge in [-0.25, -0.2) is 4.98 Å². The van der Waals surface area contributed by atoms with Crippen LogP contribution in [0.15, 0.2) is 76.7 Å². The van der Waals surface area contributed by atoms with Gasteiger partial charge < -0.3 is 9.47 Å². The molecule has 0 N–H and O–H groups in total. The Balaban J connectivity index is 1.82. The number of rotatable bonds is 6. The second-order valence-electron chi connectivity index (χ2n) is 6.69. The molecule has 154 valence electrons. The highest BCUT2D eigenvalue weighted by atomic mass is 32.2. The maximum Gasteiger partial charge on any atom is 0.266 e. The summed E-state index contributed by atoms with van der Waals surface area (Å²) in [7, 11) is 3.13. The van der Waals surface area contributed by atoms with Crippen molar-refractivity contribution in [2.24, 2.45) is 0 Å². The Morgan fingerprint density at radius 3 is 2.45 bits per heavy atom. The maximum absolute atomic E-state index is 13.4. The number of benzene rings is 3. The molecule has 4 aromatic rings. The summed E-state index contributed by atoms with van der Waals surface area (Å²) in [5, 5.41) is 10.1. The minimum absolute atomic E-state index is 0.153. The Bertz CT molecular complexity index is 1340. The average molecular weight is 430 g/mol. The van der Waals surface area contributed by atoms with E-state index in [1.165, 1.54) is 11.8 Å². The van der Waals surface area contributed by atoms with Crippen LogP contribution in [0.3, 0.4) is 0 Å². The summed E-state index contributed by atoms with van der Waals surface area (Å²) in [6.07, 6.45) is 0. The van der Waals surface area contributed by atoms with Gasteiger partial charge in [-0.2, -0.15) is 5.26 Å². The Hall–Kier alpha value is -3.76. The molecule has 3 aromatic carbocycles. The van der Waals surface area contributed by atoms with E-state index >= 15 is 0 Å². The number of fused-ring (bicyclic) bond motifs is 1. The number of nitrogens with zero attached hydrogens (tertiary/aromatic N) is 3. The van der Waals surface area contributed by atoms with E-state index in [0.29, 0.717) is 44.6 Å². The molecule has 0 aliphatic heterocycles. The fourth-order valence-electron chi connectivity index (χ4n) is 3.22. The van der Waals surface area contributed by atoms with E-state index in [1.807, 2.05) is 36.4 Å². The monoisotopic (exact) mass is 429 g/mol. The number of thioether (sulfide) groups is 1. The predicted octanol–water partition coefficient (Wildman–Crippen LogP) is 4.57. The van der Waals surface area contributed by atoms with Crippen LogP contribution in [0.4, 0.5) is 0 Å². The standard InChI is InChI=1S/C24H19N3O3S/c1-29-21-12-11-18(13-22(21)30-2)27-23(28)19-5-3-4-6-20(19)26-24(27)31-15-17-9-7-16(14-25)8-10-17/h3-13H,15H2,1-2H3. The van der Waals surface area contributed by atoms with E-state index in [0.717, 1.165) is 5.56 Å². The summed E-state index contributed by atoms with van der Waals surface area (Å²) in [5.74, 6) is 1.71. The summed E-state index contributed by atoms with van der Waals surface area (Å²) in [6, 6.07) is 22.1. The lowest BCUT2D eigenvalue weighted by Gasteiger charge is -2.15. The average Bonchev–Trinajstić information content (AvgIpc) is 2.82. The molecule has 0 fully saturated rings. The first-order chi connectivity index (χ1) is 15.1. The fourth-order valence-corrected chi connectivity index (χ4v) is 4.19.